The van der Waals surface area contributed by atoms with Crippen LogP contribution < -0.4 is 10.6 Å². The molecule has 7 rings (SSSR count). The number of ether oxygens (including phenoxy) is 1. The van der Waals surface area contributed by atoms with Gasteiger partial charge in [-0.05, 0) is 73.8 Å². The molecule has 1 aliphatic heterocycles. The zero-order valence-electron chi connectivity index (χ0n) is 26.9. The largest absolute Gasteiger partial charge is 0.381 e. The summed E-state index contributed by atoms with van der Waals surface area (Å²) in [5.74, 6) is 2.16. The van der Waals surface area contributed by atoms with E-state index in [1.807, 2.05) is 60.7 Å². The molecule has 9 nitrogen and oxygen atoms in total. The Morgan fingerprint density at radius 1 is 0.837 bits per heavy atom. The van der Waals surface area contributed by atoms with Crippen molar-refractivity contribution in [2.45, 2.75) is 88.1 Å². The first-order valence-electron chi connectivity index (χ1n) is 16.4. The van der Waals surface area contributed by atoms with Gasteiger partial charge in [0, 0.05) is 36.4 Å². The number of halogens is 1. The minimum atomic E-state index is -0.0337. The van der Waals surface area contributed by atoms with E-state index in [4.69, 9.17) is 28.6 Å². The lowest BCUT2D eigenvalue weighted by Crippen LogP contribution is -2.33. The number of aromatic amines is 1. The Labute approximate surface area is 312 Å². The molecule has 4 aromatic rings. The smallest absolute Gasteiger partial charge is 0.235 e. The van der Waals surface area contributed by atoms with Gasteiger partial charge in [-0.3, -0.25) is 14.0 Å². The second-order valence-corrected chi connectivity index (χ2v) is 15.1. The number of hydrogen-bond donors (Lipinski definition) is 3. The minimum absolute atomic E-state index is 0. The number of alkyl halides is 1. The average Bonchev–Trinajstić information content (AvgIpc) is 3.97. The van der Waals surface area contributed by atoms with Gasteiger partial charge in [0.25, 0.3) is 0 Å². The molecule has 1 saturated heterocycles. The third-order valence-electron chi connectivity index (χ3n) is 7.64. The fraction of sp³-hybridized carbons (Fsp3) is 0.486. The van der Waals surface area contributed by atoms with Gasteiger partial charge < -0.3 is 15.4 Å². The van der Waals surface area contributed by atoms with E-state index in [0.717, 1.165) is 66.0 Å². The lowest BCUT2D eigenvalue weighted by molar-refractivity contribution is -0.120. The number of amides is 2. The summed E-state index contributed by atoms with van der Waals surface area (Å²) >= 11 is 14.4. The van der Waals surface area contributed by atoms with Crippen molar-refractivity contribution in [3.8, 4) is 22.8 Å². The van der Waals surface area contributed by atoms with E-state index in [1.165, 1.54) is 73.4 Å². The van der Waals surface area contributed by atoms with Gasteiger partial charge in [-0.25, -0.2) is 9.97 Å². The maximum atomic E-state index is 11.9. The molecule has 2 aliphatic carbocycles. The van der Waals surface area contributed by atoms with Crippen LogP contribution in [-0.4, -0.2) is 67.5 Å². The lowest BCUT2D eigenvalue weighted by Gasteiger charge is -2.10. The Morgan fingerprint density at radius 2 is 1.39 bits per heavy atom. The fourth-order valence-corrected chi connectivity index (χ4v) is 7.44. The molecule has 0 spiro atoms. The predicted molar refractivity (Wildman–Crippen MR) is 207 cm³/mol. The van der Waals surface area contributed by atoms with Crippen LogP contribution in [0.5, 0.6) is 0 Å². The molecule has 0 radical (unpaired) electrons. The van der Waals surface area contributed by atoms with Crippen molar-refractivity contribution in [1.29, 1.82) is 0 Å². The highest BCUT2D eigenvalue weighted by Gasteiger charge is 2.18. The van der Waals surface area contributed by atoms with Gasteiger partial charge in [0.05, 0.1) is 5.75 Å². The zero-order chi connectivity index (χ0) is 33.8. The number of hydrogen-bond acceptors (Lipinski definition) is 10. The summed E-state index contributed by atoms with van der Waals surface area (Å²) in [6.07, 6.45) is 12.0. The SMILES string of the molecule is C.C1CCOC1.O=C(CCl)NC1CCCC1.O=C(CSc1nc(-c2ccccc2)ns1)NC1CCCC1.S=c1nc(-c2ccccc2)[nH]s1. The van der Waals surface area contributed by atoms with E-state index >= 15 is 0 Å². The molecule has 2 amide bonds. The number of thioether (sulfide) groups is 1. The van der Waals surface area contributed by atoms with Crippen molar-refractivity contribution < 1.29 is 14.3 Å². The van der Waals surface area contributed by atoms with E-state index in [1.54, 1.807) is 0 Å². The molecule has 49 heavy (non-hydrogen) atoms. The number of carbonyl (C=O) groups is 2. The van der Waals surface area contributed by atoms with Crippen LogP contribution in [0.4, 0.5) is 0 Å². The summed E-state index contributed by atoms with van der Waals surface area (Å²) in [6.45, 7) is 2.00. The van der Waals surface area contributed by atoms with Gasteiger partial charge in [-0.2, -0.15) is 4.37 Å². The number of aromatic nitrogens is 4. The molecule has 3 aliphatic rings. The lowest BCUT2D eigenvalue weighted by atomic mass is 10.2. The molecule has 2 saturated carbocycles. The maximum absolute atomic E-state index is 11.9. The van der Waals surface area contributed by atoms with Crippen LogP contribution in [-0.2, 0) is 14.3 Å². The Hall–Kier alpha value is -2.68. The van der Waals surface area contributed by atoms with Crippen LogP contribution in [0.3, 0.4) is 0 Å². The summed E-state index contributed by atoms with van der Waals surface area (Å²) < 4.78 is 13.8. The predicted octanol–water partition coefficient (Wildman–Crippen LogP) is 8.94. The normalized spacial score (nSPS) is 15.4. The van der Waals surface area contributed by atoms with Crippen molar-refractivity contribution in [2.75, 3.05) is 24.8 Å². The van der Waals surface area contributed by atoms with Gasteiger partial charge >= 0.3 is 0 Å². The Kier molecular flexibility index (Phi) is 19.7. The quantitative estimate of drug-likeness (QED) is 0.0925. The van der Waals surface area contributed by atoms with Crippen LogP contribution in [0.15, 0.2) is 65.0 Å². The topological polar surface area (TPSA) is 122 Å². The van der Waals surface area contributed by atoms with Crippen molar-refractivity contribution >= 4 is 70.5 Å². The van der Waals surface area contributed by atoms with Crippen LogP contribution in [0, 0.1) is 3.95 Å². The first-order valence-corrected chi connectivity index (χ1v) is 19.9. The van der Waals surface area contributed by atoms with Crippen LogP contribution >= 0.6 is 58.6 Å². The molecule has 266 valence electrons. The molecule has 2 aromatic carbocycles. The zero-order valence-corrected chi connectivity index (χ0v) is 30.9. The molecule has 3 heterocycles. The average molecular weight is 764 g/mol. The summed E-state index contributed by atoms with van der Waals surface area (Å²) in [4.78, 5) is 31.2. The number of carbonyl (C=O) groups excluding carboxylic acids is 2. The third-order valence-corrected chi connectivity index (χ3v) is 10.6. The Bertz CT molecular complexity index is 1530. The second-order valence-electron chi connectivity index (χ2n) is 11.4. The van der Waals surface area contributed by atoms with E-state index < -0.39 is 0 Å². The number of rotatable bonds is 8. The molecule has 14 heteroatoms. The second kappa shape index (κ2) is 23.7. The monoisotopic (exact) mass is 762 g/mol. The number of benzene rings is 2. The van der Waals surface area contributed by atoms with E-state index in [-0.39, 0.29) is 25.1 Å². The highest BCUT2D eigenvalue weighted by atomic mass is 35.5. The highest BCUT2D eigenvalue weighted by molar-refractivity contribution is 8.01. The summed E-state index contributed by atoms with van der Waals surface area (Å²) in [5.41, 5.74) is 2.08. The highest BCUT2D eigenvalue weighted by Crippen LogP contribution is 2.25. The molecule has 0 bridgehead atoms. The summed E-state index contributed by atoms with van der Waals surface area (Å²) in [6, 6.07) is 20.6. The van der Waals surface area contributed by atoms with Crippen molar-refractivity contribution in [3.63, 3.8) is 0 Å². The third kappa shape index (κ3) is 15.8. The molecule has 0 unspecified atom stereocenters. The molecule has 3 N–H and O–H groups in total. The van der Waals surface area contributed by atoms with Crippen molar-refractivity contribution in [2.24, 2.45) is 0 Å². The molecular weight excluding hydrogens is 716 g/mol. The van der Waals surface area contributed by atoms with Crippen molar-refractivity contribution in [1.82, 2.24) is 29.3 Å². The Morgan fingerprint density at radius 3 is 1.88 bits per heavy atom. The summed E-state index contributed by atoms with van der Waals surface area (Å²) in [5, 5.41) is 5.94. The Balaban J connectivity index is 0.000000197. The van der Waals surface area contributed by atoms with Gasteiger partial charge in [0.2, 0.25) is 11.8 Å². The molecule has 3 fully saturated rings. The summed E-state index contributed by atoms with van der Waals surface area (Å²) in [7, 11) is 0. The van der Waals surface area contributed by atoms with E-state index in [2.05, 4.69) is 29.3 Å². The van der Waals surface area contributed by atoms with Crippen molar-refractivity contribution in [3.05, 3.63) is 64.6 Å². The molecule has 0 atom stereocenters. The van der Waals surface area contributed by atoms with Crippen LogP contribution in [0.25, 0.3) is 22.8 Å². The van der Waals surface area contributed by atoms with Gasteiger partial charge in [0.15, 0.2) is 14.1 Å². The number of H-pyrrole nitrogens is 1. The van der Waals surface area contributed by atoms with Crippen LogP contribution in [0.2, 0.25) is 0 Å². The van der Waals surface area contributed by atoms with Crippen LogP contribution in [0.1, 0.15) is 71.6 Å². The van der Waals surface area contributed by atoms with E-state index in [9.17, 15) is 9.59 Å². The maximum Gasteiger partial charge on any atom is 0.235 e. The minimum Gasteiger partial charge on any atom is -0.381 e. The standard InChI is InChI=1S/C15H17N3OS2.C8H6N2S2.C7H12ClNO.C4H8O.CH4/c19-13(16-12-8-4-5-9-12)10-20-15-17-14(18-21-15)11-6-2-1-3-7-11;11-8-9-7(10-12-8)6-4-2-1-3-5-6;8-5-7(10)9-6-3-1-2-4-6;1-2-4-5-3-1;/h1-3,6-7,12H,4-5,8-10H2,(H,16,19);1-5H,(H,9,10,11);6H,1-5H2,(H,9,10);1-4H2;1H4. The van der Waals surface area contributed by atoms with Gasteiger partial charge in [-0.15, -0.1) is 11.6 Å². The first kappa shape index (κ1) is 40.7. The van der Waals surface area contributed by atoms with Gasteiger partial charge in [0.1, 0.15) is 11.7 Å². The first-order chi connectivity index (χ1) is 23.5. The molecular formula is C35H47ClN6O3S4. The van der Waals surface area contributed by atoms with Gasteiger partial charge in [-0.1, -0.05) is 106 Å². The number of nitrogens with zero attached hydrogens (tertiary/aromatic N) is 3. The molecule has 2 aromatic heterocycles. The fourth-order valence-electron chi connectivity index (χ4n) is 5.23. The van der Waals surface area contributed by atoms with E-state index in [0.29, 0.717) is 21.8 Å². The number of nitrogens with one attached hydrogen (secondary N) is 3.